The van der Waals surface area contributed by atoms with Gasteiger partial charge in [0.2, 0.25) is 0 Å². The third-order valence-electron chi connectivity index (χ3n) is 2.57. The van der Waals surface area contributed by atoms with Crippen LogP contribution in [0, 0.1) is 0 Å². The van der Waals surface area contributed by atoms with Crippen molar-refractivity contribution in [2.75, 3.05) is 0 Å². The third-order valence-corrected chi connectivity index (χ3v) is 3.31. The minimum atomic E-state index is -1.19. The van der Waals surface area contributed by atoms with E-state index in [1.165, 1.54) is 12.1 Å². The van der Waals surface area contributed by atoms with Gasteiger partial charge in [0.25, 0.3) is 0 Å². The fourth-order valence-electron chi connectivity index (χ4n) is 1.59. The zero-order chi connectivity index (χ0) is 13.1. The fourth-order valence-corrected chi connectivity index (χ4v) is 1.89. The quantitative estimate of drug-likeness (QED) is 0.866. The highest BCUT2D eigenvalue weighted by Crippen LogP contribution is 2.25. The predicted molar refractivity (Wildman–Crippen MR) is 72.2 cm³/mol. The zero-order valence-corrected chi connectivity index (χ0v) is 10.8. The Morgan fingerprint density at radius 2 is 1.67 bits per heavy atom. The molecule has 4 heteroatoms. The highest BCUT2D eigenvalue weighted by molar-refractivity contribution is 6.42. The predicted octanol–water partition coefficient (Wildman–Crippen LogP) is 3.91. The standard InChI is InChI=1S/C14H10Cl2O2/c15-11-7-6-10(8-12(11)16)14(18)13(17)9-4-2-1-3-5-9/h1-8,13,17H. The van der Waals surface area contributed by atoms with Gasteiger partial charge in [-0.15, -0.1) is 0 Å². The van der Waals surface area contributed by atoms with Crippen LogP contribution in [0.4, 0.5) is 0 Å². The topological polar surface area (TPSA) is 37.3 Å². The van der Waals surface area contributed by atoms with Crippen molar-refractivity contribution in [3.8, 4) is 0 Å². The lowest BCUT2D eigenvalue weighted by molar-refractivity contribution is 0.0747. The SMILES string of the molecule is O=C(c1ccc(Cl)c(Cl)c1)C(O)c1ccccc1. The molecule has 0 heterocycles. The van der Waals surface area contributed by atoms with E-state index in [0.717, 1.165) is 0 Å². The average molecular weight is 281 g/mol. The van der Waals surface area contributed by atoms with Crippen molar-refractivity contribution in [1.29, 1.82) is 0 Å². The van der Waals surface area contributed by atoms with Crippen molar-refractivity contribution in [3.63, 3.8) is 0 Å². The smallest absolute Gasteiger partial charge is 0.195 e. The van der Waals surface area contributed by atoms with Crippen LogP contribution in [0.15, 0.2) is 48.5 Å². The summed E-state index contributed by atoms with van der Waals surface area (Å²) in [6.07, 6.45) is -1.19. The molecule has 1 atom stereocenters. The monoisotopic (exact) mass is 280 g/mol. The van der Waals surface area contributed by atoms with Crippen LogP contribution < -0.4 is 0 Å². The van der Waals surface area contributed by atoms with E-state index in [-0.39, 0.29) is 0 Å². The van der Waals surface area contributed by atoms with E-state index in [4.69, 9.17) is 23.2 Å². The number of Topliss-reactive ketones (excluding diaryl/α,β-unsaturated/α-hetero) is 1. The van der Waals surface area contributed by atoms with Crippen LogP contribution in [0.25, 0.3) is 0 Å². The first-order chi connectivity index (χ1) is 8.59. The van der Waals surface area contributed by atoms with Crippen LogP contribution >= 0.6 is 23.2 Å². The Morgan fingerprint density at radius 3 is 2.28 bits per heavy atom. The van der Waals surface area contributed by atoms with Gasteiger partial charge in [-0.25, -0.2) is 0 Å². The second-order valence-electron chi connectivity index (χ2n) is 3.81. The van der Waals surface area contributed by atoms with Crippen molar-refractivity contribution in [3.05, 3.63) is 69.7 Å². The molecule has 0 aliphatic heterocycles. The number of carbonyl (C=O) groups excluding carboxylic acids is 1. The Bertz CT molecular complexity index is 567. The second kappa shape index (κ2) is 5.53. The number of hydrogen-bond donors (Lipinski definition) is 1. The molecule has 0 aromatic heterocycles. The molecule has 0 bridgehead atoms. The van der Waals surface area contributed by atoms with Crippen LogP contribution in [0.3, 0.4) is 0 Å². The van der Waals surface area contributed by atoms with Gasteiger partial charge >= 0.3 is 0 Å². The summed E-state index contributed by atoms with van der Waals surface area (Å²) >= 11 is 11.6. The molecule has 0 saturated heterocycles. The molecule has 2 aromatic rings. The van der Waals surface area contributed by atoms with E-state index in [1.54, 1.807) is 30.3 Å². The van der Waals surface area contributed by atoms with Crippen molar-refractivity contribution >= 4 is 29.0 Å². The number of aliphatic hydroxyl groups is 1. The molecule has 0 aliphatic rings. The number of rotatable bonds is 3. The van der Waals surface area contributed by atoms with Gasteiger partial charge in [0.1, 0.15) is 6.10 Å². The number of ketones is 1. The minimum Gasteiger partial charge on any atom is -0.380 e. The van der Waals surface area contributed by atoms with E-state index >= 15 is 0 Å². The van der Waals surface area contributed by atoms with Gasteiger partial charge < -0.3 is 5.11 Å². The maximum Gasteiger partial charge on any atom is 0.195 e. The molecule has 0 fully saturated rings. The molecule has 0 saturated carbocycles. The molecule has 0 radical (unpaired) electrons. The molecular formula is C14H10Cl2O2. The van der Waals surface area contributed by atoms with E-state index in [0.29, 0.717) is 21.2 Å². The number of hydrogen-bond acceptors (Lipinski definition) is 2. The third kappa shape index (κ3) is 2.72. The highest BCUT2D eigenvalue weighted by atomic mass is 35.5. The lowest BCUT2D eigenvalue weighted by atomic mass is 10.0. The van der Waals surface area contributed by atoms with E-state index in [1.807, 2.05) is 6.07 Å². The average Bonchev–Trinajstić information content (AvgIpc) is 2.41. The van der Waals surface area contributed by atoms with Gasteiger partial charge in [0.05, 0.1) is 10.0 Å². The van der Waals surface area contributed by atoms with E-state index in [9.17, 15) is 9.90 Å². The summed E-state index contributed by atoms with van der Waals surface area (Å²) < 4.78 is 0. The van der Waals surface area contributed by atoms with Gasteiger partial charge in [-0.05, 0) is 23.8 Å². The van der Waals surface area contributed by atoms with E-state index < -0.39 is 11.9 Å². The Labute approximate surface area is 115 Å². The molecule has 2 rings (SSSR count). The Morgan fingerprint density at radius 1 is 1.00 bits per heavy atom. The molecule has 18 heavy (non-hydrogen) atoms. The lowest BCUT2D eigenvalue weighted by Crippen LogP contribution is -2.12. The van der Waals surface area contributed by atoms with Crippen LogP contribution in [0.1, 0.15) is 22.0 Å². The number of halogens is 2. The summed E-state index contributed by atoms with van der Waals surface area (Å²) in [7, 11) is 0. The molecular weight excluding hydrogens is 271 g/mol. The summed E-state index contributed by atoms with van der Waals surface area (Å²) in [5, 5.41) is 10.6. The zero-order valence-electron chi connectivity index (χ0n) is 9.31. The molecule has 2 nitrogen and oxygen atoms in total. The van der Waals surface area contributed by atoms with E-state index in [2.05, 4.69) is 0 Å². The largest absolute Gasteiger partial charge is 0.380 e. The summed E-state index contributed by atoms with van der Waals surface area (Å²) in [4.78, 5) is 12.1. The molecule has 1 N–H and O–H groups in total. The normalized spacial score (nSPS) is 12.2. The maximum atomic E-state index is 12.1. The first kappa shape index (κ1) is 13.1. The summed E-state index contributed by atoms with van der Waals surface area (Å²) in [5.41, 5.74) is 0.884. The highest BCUT2D eigenvalue weighted by Gasteiger charge is 2.19. The summed E-state index contributed by atoms with van der Waals surface area (Å²) in [5.74, 6) is -0.403. The summed E-state index contributed by atoms with van der Waals surface area (Å²) in [6.45, 7) is 0. The molecule has 0 aliphatic carbocycles. The van der Waals surface area contributed by atoms with Gasteiger partial charge in [0.15, 0.2) is 5.78 Å². The number of carbonyl (C=O) groups is 1. The Hall–Kier alpha value is -1.35. The molecule has 1 unspecified atom stereocenters. The fraction of sp³-hybridized carbons (Fsp3) is 0.0714. The van der Waals surface area contributed by atoms with Gasteiger partial charge in [0, 0.05) is 5.56 Å². The van der Waals surface area contributed by atoms with Crippen molar-refractivity contribution < 1.29 is 9.90 Å². The lowest BCUT2D eigenvalue weighted by Gasteiger charge is -2.10. The van der Waals surface area contributed by atoms with Crippen molar-refractivity contribution in [1.82, 2.24) is 0 Å². The summed E-state index contributed by atoms with van der Waals surface area (Å²) in [6, 6.07) is 13.3. The molecule has 2 aromatic carbocycles. The molecule has 0 spiro atoms. The number of benzene rings is 2. The number of aliphatic hydroxyl groups excluding tert-OH is 1. The van der Waals surface area contributed by atoms with Gasteiger partial charge in [-0.3, -0.25) is 4.79 Å². The Balaban J connectivity index is 2.29. The van der Waals surface area contributed by atoms with Crippen LogP contribution in [-0.4, -0.2) is 10.9 Å². The van der Waals surface area contributed by atoms with Crippen LogP contribution in [0.5, 0.6) is 0 Å². The molecule has 92 valence electrons. The molecule has 0 amide bonds. The van der Waals surface area contributed by atoms with Crippen LogP contribution in [-0.2, 0) is 0 Å². The van der Waals surface area contributed by atoms with Crippen LogP contribution in [0.2, 0.25) is 10.0 Å². The second-order valence-corrected chi connectivity index (χ2v) is 4.62. The Kier molecular flexibility index (Phi) is 4.02. The first-order valence-corrected chi connectivity index (χ1v) is 6.07. The maximum absolute atomic E-state index is 12.1. The first-order valence-electron chi connectivity index (χ1n) is 5.32. The van der Waals surface area contributed by atoms with Gasteiger partial charge in [-0.1, -0.05) is 53.5 Å². The van der Waals surface area contributed by atoms with Crippen molar-refractivity contribution in [2.24, 2.45) is 0 Å². The van der Waals surface area contributed by atoms with Crippen molar-refractivity contribution in [2.45, 2.75) is 6.10 Å². The minimum absolute atomic E-state index is 0.294. The van der Waals surface area contributed by atoms with Gasteiger partial charge in [-0.2, -0.15) is 0 Å².